The van der Waals surface area contributed by atoms with Crippen molar-refractivity contribution in [1.82, 2.24) is 9.62 Å². The van der Waals surface area contributed by atoms with Crippen molar-refractivity contribution in [2.24, 2.45) is 0 Å². The van der Waals surface area contributed by atoms with Crippen LogP contribution in [0.25, 0.3) is 0 Å². The van der Waals surface area contributed by atoms with Gasteiger partial charge in [-0.3, -0.25) is 4.79 Å². The topological polar surface area (TPSA) is 92.1 Å². The molecule has 3 rings (SSSR count). The summed E-state index contributed by atoms with van der Waals surface area (Å²) in [6, 6.07) is 10.9. The lowest BCUT2D eigenvalue weighted by atomic mass is 10.2. The summed E-state index contributed by atoms with van der Waals surface area (Å²) in [6.07, 6.45) is 0.342. The lowest BCUT2D eigenvalue weighted by molar-refractivity contribution is 0.0924. The Morgan fingerprint density at radius 1 is 1.14 bits per heavy atom. The highest BCUT2D eigenvalue weighted by molar-refractivity contribution is 9.10. The van der Waals surface area contributed by atoms with Crippen molar-refractivity contribution in [3.8, 4) is 5.75 Å². The Bertz CT molecular complexity index is 922. The van der Waals surface area contributed by atoms with E-state index in [0.29, 0.717) is 37.3 Å². The summed E-state index contributed by atoms with van der Waals surface area (Å²) in [7, 11) is -1.73. The van der Waals surface area contributed by atoms with Crippen LogP contribution in [0.15, 0.2) is 45.5 Å². The van der Waals surface area contributed by atoms with Crippen LogP contribution in [0.1, 0.15) is 17.0 Å². The number of amides is 1. The zero-order valence-corrected chi connectivity index (χ0v) is 18.5. The Morgan fingerprint density at radius 2 is 1.83 bits per heavy atom. The van der Waals surface area contributed by atoms with Gasteiger partial charge in [0.05, 0.1) is 12.9 Å². The number of furan rings is 1. The molecule has 158 valence electrons. The minimum atomic E-state index is -3.35. The highest BCUT2D eigenvalue weighted by atomic mass is 79.9. The minimum absolute atomic E-state index is 0.00232. The Hall–Kier alpha value is -2.04. The monoisotopic (exact) mass is 485 g/mol. The molecule has 1 aromatic carbocycles. The molecule has 10 heteroatoms. The quantitative estimate of drug-likeness (QED) is 0.576. The van der Waals surface area contributed by atoms with Crippen molar-refractivity contribution in [1.29, 1.82) is 0 Å². The summed E-state index contributed by atoms with van der Waals surface area (Å²) in [6.45, 7) is 2.43. The highest BCUT2D eigenvalue weighted by Crippen LogP contribution is 2.21. The number of rotatable bonds is 8. The number of halogens is 1. The molecule has 0 aliphatic carbocycles. The second-order valence-electron chi connectivity index (χ2n) is 6.61. The molecule has 2 aromatic rings. The molecule has 0 saturated carbocycles. The summed E-state index contributed by atoms with van der Waals surface area (Å²) < 4.78 is 37.5. The van der Waals surface area contributed by atoms with E-state index in [2.05, 4.69) is 26.1 Å². The molecule has 0 radical (unpaired) electrons. The molecule has 1 aliphatic heterocycles. The van der Waals surface area contributed by atoms with Crippen LogP contribution in [0, 0.1) is 0 Å². The maximum atomic E-state index is 12.6. The largest absolute Gasteiger partial charge is 0.497 e. The molecule has 1 fully saturated rings. The van der Waals surface area contributed by atoms with E-state index in [1.54, 1.807) is 19.2 Å². The van der Waals surface area contributed by atoms with Crippen molar-refractivity contribution in [3.63, 3.8) is 0 Å². The van der Waals surface area contributed by atoms with Gasteiger partial charge in [-0.1, -0.05) is 0 Å². The fraction of sp³-hybridized carbons (Fsp3) is 0.421. The van der Waals surface area contributed by atoms with Crippen molar-refractivity contribution in [2.45, 2.75) is 6.42 Å². The van der Waals surface area contributed by atoms with Gasteiger partial charge < -0.3 is 19.4 Å². The van der Waals surface area contributed by atoms with Crippen LogP contribution in [-0.2, 0) is 10.0 Å². The summed E-state index contributed by atoms with van der Waals surface area (Å²) in [5.74, 6) is 0.620. The SMILES string of the molecule is COc1ccc(N2CCN(S(=O)(=O)CCCNC(=O)c3ccc(Br)o3)CC2)cc1. The first-order chi connectivity index (χ1) is 13.9. The molecule has 2 heterocycles. The molecule has 1 saturated heterocycles. The first-order valence-electron chi connectivity index (χ1n) is 9.29. The fourth-order valence-electron chi connectivity index (χ4n) is 3.13. The second kappa shape index (κ2) is 9.64. The molecule has 1 aliphatic rings. The maximum Gasteiger partial charge on any atom is 0.287 e. The maximum absolute atomic E-state index is 12.6. The number of nitrogens with zero attached hydrogens (tertiary/aromatic N) is 2. The van der Waals surface area contributed by atoms with Gasteiger partial charge in [-0.2, -0.15) is 4.31 Å². The van der Waals surface area contributed by atoms with Crippen molar-refractivity contribution in [3.05, 3.63) is 46.8 Å². The zero-order chi connectivity index (χ0) is 20.9. The summed E-state index contributed by atoms with van der Waals surface area (Å²) in [5.41, 5.74) is 1.05. The zero-order valence-electron chi connectivity index (χ0n) is 16.1. The van der Waals surface area contributed by atoms with Gasteiger partial charge in [0.2, 0.25) is 10.0 Å². The summed E-state index contributed by atoms with van der Waals surface area (Å²) >= 11 is 3.14. The van der Waals surface area contributed by atoms with Gasteiger partial charge in [-0.25, -0.2) is 8.42 Å². The number of hydrogen-bond donors (Lipinski definition) is 1. The van der Waals surface area contributed by atoms with Crippen LogP contribution in [-0.4, -0.2) is 64.2 Å². The number of hydrogen-bond acceptors (Lipinski definition) is 6. The lowest BCUT2D eigenvalue weighted by Crippen LogP contribution is -2.49. The van der Waals surface area contributed by atoms with E-state index in [-0.39, 0.29) is 24.0 Å². The van der Waals surface area contributed by atoms with Gasteiger partial charge in [0.1, 0.15) is 5.75 Å². The predicted molar refractivity (Wildman–Crippen MR) is 114 cm³/mol. The number of benzene rings is 1. The third kappa shape index (κ3) is 5.74. The number of sulfonamides is 1. The molecule has 29 heavy (non-hydrogen) atoms. The van der Waals surface area contributed by atoms with Crippen molar-refractivity contribution < 1.29 is 22.4 Å². The van der Waals surface area contributed by atoms with Crippen LogP contribution in [0.5, 0.6) is 5.75 Å². The van der Waals surface area contributed by atoms with Gasteiger partial charge in [-0.05, 0) is 58.7 Å². The average Bonchev–Trinajstić information content (AvgIpc) is 3.18. The van der Waals surface area contributed by atoms with Crippen LogP contribution in [0.3, 0.4) is 0 Å². The van der Waals surface area contributed by atoms with E-state index >= 15 is 0 Å². The molecule has 0 unspecified atom stereocenters. The van der Waals surface area contributed by atoms with Crippen LogP contribution in [0.2, 0.25) is 0 Å². The van der Waals surface area contributed by atoms with Crippen LogP contribution < -0.4 is 15.0 Å². The number of piperazine rings is 1. The third-order valence-electron chi connectivity index (χ3n) is 4.73. The Morgan fingerprint density at radius 3 is 2.41 bits per heavy atom. The standard InChI is InChI=1S/C19H24BrN3O5S/c1-27-16-5-3-15(4-6-16)22-10-12-23(13-11-22)29(25,26)14-2-9-21-19(24)17-7-8-18(20)28-17/h3-8H,2,9-14H2,1H3,(H,21,24). The van der Waals surface area contributed by atoms with Crippen molar-refractivity contribution >= 4 is 37.5 Å². The molecule has 8 nitrogen and oxygen atoms in total. The fourth-order valence-corrected chi connectivity index (χ4v) is 4.92. The van der Waals surface area contributed by atoms with E-state index in [4.69, 9.17) is 9.15 Å². The third-order valence-corrected chi connectivity index (χ3v) is 7.11. The molecule has 1 N–H and O–H groups in total. The van der Waals surface area contributed by atoms with E-state index in [1.807, 2.05) is 24.3 Å². The molecule has 0 atom stereocenters. The van der Waals surface area contributed by atoms with Gasteiger partial charge in [0, 0.05) is 38.4 Å². The minimum Gasteiger partial charge on any atom is -0.497 e. The first-order valence-corrected chi connectivity index (χ1v) is 11.7. The molecule has 0 spiro atoms. The van der Waals surface area contributed by atoms with Gasteiger partial charge >= 0.3 is 0 Å². The second-order valence-corrected chi connectivity index (χ2v) is 9.48. The van der Waals surface area contributed by atoms with Crippen molar-refractivity contribution in [2.75, 3.05) is 50.5 Å². The molecule has 1 aromatic heterocycles. The number of nitrogens with one attached hydrogen (secondary N) is 1. The molecular weight excluding hydrogens is 462 g/mol. The van der Waals surface area contributed by atoms with Gasteiger partial charge in [0.15, 0.2) is 10.4 Å². The van der Waals surface area contributed by atoms with E-state index < -0.39 is 10.0 Å². The summed E-state index contributed by atoms with van der Waals surface area (Å²) in [5, 5.41) is 2.67. The Kier molecular flexibility index (Phi) is 7.20. The number of methoxy groups -OCH3 is 1. The highest BCUT2D eigenvalue weighted by Gasteiger charge is 2.26. The predicted octanol–water partition coefficient (Wildman–Crippen LogP) is 2.32. The lowest BCUT2D eigenvalue weighted by Gasteiger charge is -2.35. The molecule has 1 amide bonds. The molecule has 0 bridgehead atoms. The smallest absolute Gasteiger partial charge is 0.287 e. The first kappa shape index (κ1) is 21.7. The van der Waals surface area contributed by atoms with E-state index in [0.717, 1.165) is 11.4 Å². The van der Waals surface area contributed by atoms with Crippen LogP contribution >= 0.6 is 15.9 Å². The van der Waals surface area contributed by atoms with Gasteiger partial charge in [0.25, 0.3) is 5.91 Å². The Labute approximate surface area is 179 Å². The number of anilines is 1. The number of carbonyl (C=O) groups is 1. The normalized spacial score (nSPS) is 15.3. The molecular formula is C19H24BrN3O5S. The van der Waals surface area contributed by atoms with Gasteiger partial charge in [-0.15, -0.1) is 0 Å². The average molecular weight is 486 g/mol. The van der Waals surface area contributed by atoms with E-state index in [1.165, 1.54) is 4.31 Å². The Balaban J connectivity index is 1.42. The van der Waals surface area contributed by atoms with E-state index in [9.17, 15) is 13.2 Å². The number of carbonyl (C=O) groups excluding carboxylic acids is 1. The van der Waals surface area contributed by atoms with Crippen LogP contribution in [0.4, 0.5) is 5.69 Å². The number of ether oxygens (including phenoxy) is 1. The summed E-state index contributed by atoms with van der Waals surface area (Å²) in [4.78, 5) is 14.1.